The highest BCUT2D eigenvalue weighted by molar-refractivity contribution is 7.89. The van der Waals surface area contributed by atoms with Crippen LogP contribution < -0.4 is 10.0 Å². The van der Waals surface area contributed by atoms with E-state index < -0.39 is 10.0 Å². The molecule has 0 radical (unpaired) electrons. The lowest BCUT2D eigenvalue weighted by Gasteiger charge is -2.23. The summed E-state index contributed by atoms with van der Waals surface area (Å²) in [6.07, 6.45) is 6.56. The van der Waals surface area contributed by atoms with Crippen molar-refractivity contribution in [2.24, 2.45) is 0 Å². The zero-order valence-corrected chi connectivity index (χ0v) is 13.5. The number of anilines is 1. The summed E-state index contributed by atoms with van der Waals surface area (Å²) in [5, 5.41) is 2.80. The van der Waals surface area contributed by atoms with Gasteiger partial charge in [-0.05, 0) is 32.0 Å². The molecule has 0 aliphatic heterocycles. The molecule has 1 aromatic heterocycles. The minimum absolute atomic E-state index is 0.191. The van der Waals surface area contributed by atoms with E-state index in [1.165, 1.54) is 25.7 Å². The summed E-state index contributed by atoms with van der Waals surface area (Å²) in [6, 6.07) is 3.78. The molecule has 118 valence electrons. The van der Waals surface area contributed by atoms with Gasteiger partial charge in [-0.2, -0.15) is 0 Å². The number of aromatic nitrogens is 1. The molecule has 2 rings (SSSR count). The van der Waals surface area contributed by atoms with E-state index >= 15 is 0 Å². The van der Waals surface area contributed by atoms with Crippen LogP contribution in [0, 0.1) is 0 Å². The lowest BCUT2D eigenvalue weighted by molar-refractivity contribution is 0.250. The monoisotopic (exact) mass is 312 g/mol. The lowest BCUT2D eigenvalue weighted by atomic mass is 10.2. The molecular weight excluding hydrogens is 288 g/mol. The molecule has 1 saturated carbocycles. The SMILES string of the molecule is CNc1ncccc1S(=O)(=O)NCCN(C)C1CCCC1. The molecule has 1 aliphatic carbocycles. The highest BCUT2D eigenvalue weighted by Gasteiger charge is 2.21. The van der Waals surface area contributed by atoms with Crippen molar-refractivity contribution in [1.82, 2.24) is 14.6 Å². The molecule has 1 heterocycles. The molecule has 21 heavy (non-hydrogen) atoms. The van der Waals surface area contributed by atoms with Crippen molar-refractivity contribution in [3.05, 3.63) is 18.3 Å². The number of pyridine rings is 1. The van der Waals surface area contributed by atoms with Crippen LogP contribution in [0.25, 0.3) is 0 Å². The van der Waals surface area contributed by atoms with Gasteiger partial charge in [0.1, 0.15) is 10.7 Å². The minimum Gasteiger partial charge on any atom is -0.372 e. The predicted octanol–water partition coefficient (Wildman–Crippen LogP) is 1.28. The molecule has 7 heteroatoms. The Morgan fingerprint density at radius 2 is 2.10 bits per heavy atom. The molecule has 0 unspecified atom stereocenters. The molecule has 1 aromatic rings. The average molecular weight is 312 g/mol. The predicted molar refractivity (Wildman–Crippen MR) is 83.9 cm³/mol. The van der Waals surface area contributed by atoms with E-state index in [1.54, 1.807) is 25.4 Å². The van der Waals surface area contributed by atoms with Crippen molar-refractivity contribution < 1.29 is 8.42 Å². The first-order valence-corrected chi connectivity index (χ1v) is 8.85. The van der Waals surface area contributed by atoms with Crippen molar-refractivity contribution in [2.45, 2.75) is 36.6 Å². The largest absolute Gasteiger partial charge is 0.372 e. The van der Waals surface area contributed by atoms with Gasteiger partial charge >= 0.3 is 0 Å². The van der Waals surface area contributed by atoms with Gasteiger partial charge in [0, 0.05) is 32.4 Å². The summed E-state index contributed by atoms with van der Waals surface area (Å²) in [5.41, 5.74) is 0. The van der Waals surface area contributed by atoms with E-state index in [2.05, 4.69) is 27.0 Å². The summed E-state index contributed by atoms with van der Waals surface area (Å²) in [4.78, 5) is 6.47. The van der Waals surface area contributed by atoms with E-state index in [0.29, 0.717) is 18.4 Å². The summed E-state index contributed by atoms with van der Waals surface area (Å²) < 4.78 is 27.3. The van der Waals surface area contributed by atoms with Crippen molar-refractivity contribution >= 4 is 15.8 Å². The first-order chi connectivity index (χ1) is 10.0. The lowest BCUT2D eigenvalue weighted by Crippen LogP contribution is -2.37. The van der Waals surface area contributed by atoms with Crippen molar-refractivity contribution in [2.75, 3.05) is 32.5 Å². The number of hydrogen-bond acceptors (Lipinski definition) is 5. The Hall–Kier alpha value is -1.18. The van der Waals surface area contributed by atoms with Crippen LogP contribution in [0.4, 0.5) is 5.82 Å². The number of sulfonamides is 1. The van der Waals surface area contributed by atoms with E-state index in [4.69, 9.17) is 0 Å². The summed E-state index contributed by atoms with van der Waals surface area (Å²) in [6.45, 7) is 1.13. The summed E-state index contributed by atoms with van der Waals surface area (Å²) >= 11 is 0. The third kappa shape index (κ3) is 4.15. The molecule has 0 saturated heterocycles. The van der Waals surface area contributed by atoms with Crippen LogP contribution in [-0.4, -0.2) is 51.5 Å². The molecule has 0 spiro atoms. The molecule has 2 N–H and O–H groups in total. The average Bonchev–Trinajstić information content (AvgIpc) is 3.01. The first kappa shape index (κ1) is 16.2. The molecular formula is C14H24N4O2S. The molecule has 0 bridgehead atoms. The van der Waals surface area contributed by atoms with Gasteiger partial charge in [0.2, 0.25) is 10.0 Å². The molecule has 6 nitrogen and oxygen atoms in total. The number of nitrogens with one attached hydrogen (secondary N) is 2. The van der Waals surface area contributed by atoms with Gasteiger partial charge in [0.05, 0.1) is 0 Å². The maximum atomic E-state index is 12.3. The fraction of sp³-hybridized carbons (Fsp3) is 0.643. The quantitative estimate of drug-likeness (QED) is 0.793. The number of nitrogens with zero attached hydrogens (tertiary/aromatic N) is 2. The van der Waals surface area contributed by atoms with Gasteiger partial charge in [-0.25, -0.2) is 18.1 Å². The van der Waals surface area contributed by atoms with E-state index in [0.717, 1.165) is 6.54 Å². The number of rotatable bonds is 7. The van der Waals surface area contributed by atoms with Crippen molar-refractivity contribution in [3.63, 3.8) is 0 Å². The second-order valence-electron chi connectivity index (χ2n) is 5.42. The van der Waals surface area contributed by atoms with Gasteiger partial charge in [-0.1, -0.05) is 12.8 Å². The Balaban J connectivity index is 1.92. The normalized spacial score (nSPS) is 16.5. The molecule has 0 amide bonds. The maximum absolute atomic E-state index is 12.3. The zero-order chi connectivity index (χ0) is 15.3. The third-order valence-corrected chi connectivity index (χ3v) is 5.49. The molecule has 1 fully saturated rings. The van der Waals surface area contributed by atoms with Crippen molar-refractivity contribution in [1.29, 1.82) is 0 Å². The second-order valence-corrected chi connectivity index (χ2v) is 7.15. The van der Waals surface area contributed by atoms with Gasteiger partial charge in [-0.15, -0.1) is 0 Å². The van der Waals surface area contributed by atoms with Gasteiger partial charge < -0.3 is 10.2 Å². The van der Waals surface area contributed by atoms with E-state index in [9.17, 15) is 8.42 Å². The highest BCUT2D eigenvalue weighted by atomic mass is 32.2. The maximum Gasteiger partial charge on any atom is 0.244 e. The van der Waals surface area contributed by atoms with Crippen LogP contribution >= 0.6 is 0 Å². The van der Waals surface area contributed by atoms with Crippen LogP contribution in [0.1, 0.15) is 25.7 Å². The number of hydrogen-bond donors (Lipinski definition) is 2. The standard InChI is InChI=1S/C14H24N4O2S/c1-15-14-13(8-5-9-16-14)21(19,20)17-10-11-18(2)12-6-3-4-7-12/h5,8-9,12,17H,3-4,6-7,10-11H2,1-2H3,(H,15,16). The minimum atomic E-state index is -3.52. The fourth-order valence-corrected chi connectivity index (χ4v) is 3.94. The molecule has 0 atom stereocenters. The second kappa shape index (κ2) is 7.20. The van der Waals surface area contributed by atoms with Crippen molar-refractivity contribution in [3.8, 4) is 0 Å². The Labute approximate surface area is 127 Å². The Kier molecular flexibility index (Phi) is 5.55. The van der Waals surface area contributed by atoms with Crippen LogP contribution in [0.3, 0.4) is 0 Å². The van der Waals surface area contributed by atoms with Crippen LogP contribution in [0.5, 0.6) is 0 Å². The summed E-state index contributed by atoms with van der Waals surface area (Å²) in [7, 11) is 0.201. The van der Waals surface area contributed by atoms with Gasteiger partial charge in [-0.3, -0.25) is 0 Å². The van der Waals surface area contributed by atoms with Crippen LogP contribution in [-0.2, 0) is 10.0 Å². The Morgan fingerprint density at radius 3 is 2.76 bits per heavy atom. The molecule has 1 aliphatic rings. The summed E-state index contributed by atoms with van der Waals surface area (Å²) in [5.74, 6) is 0.370. The van der Waals surface area contributed by atoms with Gasteiger partial charge in [0.15, 0.2) is 0 Å². The fourth-order valence-electron chi connectivity index (χ4n) is 2.76. The van der Waals surface area contributed by atoms with Crippen LogP contribution in [0.15, 0.2) is 23.2 Å². The number of likely N-dealkylation sites (N-methyl/N-ethyl adjacent to an activating group) is 1. The zero-order valence-electron chi connectivity index (χ0n) is 12.7. The first-order valence-electron chi connectivity index (χ1n) is 7.37. The molecule has 0 aromatic carbocycles. The van der Waals surface area contributed by atoms with Gasteiger partial charge in [0.25, 0.3) is 0 Å². The smallest absolute Gasteiger partial charge is 0.244 e. The van der Waals surface area contributed by atoms with E-state index in [1.807, 2.05) is 0 Å². The third-order valence-electron chi connectivity index (χ3n) is 4.00. The van der Waals surface area contributed by atoms with E-state index in [-0.39, 0.29) is 4.90 Å². The topological polar surface area (TPSA) is 74.3 Å². The Bertz CT molecular complexity index is 556. The highest BCUT2D eigenvalue weighted by Crippen LogP contribution is 2.22. The Morgan fingerprint density at radius 1 is 1.38 bits per heavy atom. The van der Waals surface area contributed by atoms with Crippen LogP contribution in [0.2, 0.25) is 0 Å².